The summed E-state index contributed by atoms with van der Waals surface area (Å²) in [6, 6.07) is 25.4. The molecule has 0 bridgehead atoms. The molecular weight excluding hydrogens is 322 g/mol. The number of nitrogens with zero attached hydrogens (tertiary/aromatic N) is 2. The lowest BCUT2D eigenvalue weighted by molar-refractivity contribution is 0.0955. The van der Waals surface area contributed by atoms with Crippen LogP contribution in [0.25, 0.3) is 16.5 Å². The van der Waals surface area contributed by atoms with Crippen LogP contribution in [0.3, 0.4) is 0 Å². The lowest BCUT2D eigenvalue weighted by Gasteiger charge is -2.09. The molecule has 0 aliphatic carbocycles. The maximum absolute atomic E-state index is 12.6. The van der Waals surface area contributed by atoms with Crippen LogP contribution in [0.1, 0.15) is 15.9 Å². The van der Waals surface area contributed by atoms with Gasteiger partial charge in [-0.3, -0.25) is 4.79 Å². The summed E-state index contributed by atoms with van der Waals surface area (Å²) in [4.78, 5) is 12.6. The summed E-state index contributed by atoms with van der Waals surface area (Å²) in [7, 11) is 0. The molecular formula is C22H17N3O. The first-order valence-electron chi connectivity index (χ1n) is 8.36. The molecule has 1 heterocycles. The SMILES string of the molecule is O=C(N/N=C\c1cccc2ccccc12)c1ccccc1-n1cccc1. The fourth-order valence-corrected chi connectivity index (χ4v) is 2.97. The quantitative estimate of drug-likeness (QED) is 0.435. The fourth-order valence-electron chi connectivity index (χ4n) is 2.97. The number of hydrogen-bond donors (Lipinski definition) is 1. The molecule has 26 heavy (non-hydrogen) atoms. The molecule has 1 amide bonds. The second kappa shape index (κ2) is 7.07. The molecule has 1 N–H and O–H groups in total. The average molecular weight is 339 g/mol. The van der Waals surface area contributed by atoms with E-state index in [0.29, 0.717) is 5.56 Å². The molecule has 1 aromatic heterocycles. The van der Waals surface area contributed by atoms with Gasteiger partial charge in [-0.2, -0.15) is 5.10 Å². The highest BCUT2D eigenvalue weighted by molar-refractivity contribution is 6.01. The third-order valence-corrected chi connectivity index (χ3v) is 4.22. The number of aromatic nitrogens is 1. The smallest absolute Gasteiger partial charge is 0.273 e. The monoisotopic (exact) mass is 339 g/mol. The fraction of sp³-hybridized carbons (Fsp3) is 0. The van der Waals surface area contributed by atoms with Crippen molar-refractivity contribution in [2.75, 3.05) is 0 Å². The van der Waals surface area contributed by atoms with Crippen molar-refractivity contribution in [3.05, 3.63) is 102 Å². The van der Waals surface area contributed by atoms with Crippen LogP contribution >= 0.6 is 0 Å². The summed E-state index contributed by atoms with van der Waals surface area (Å²) in [5, 5.41) is 6.39. The summed E-state index contributed by atoms with van der Waals surface area (Å²) in [5.74, 6) is -0.245. The Balaban J connectivity index is 1.57. The van der Waals surface area contributed by atoms with Crippen molar-refractivity contribution >= 4 is 22.9 Å². The van der Waals surface area contributed by atoms with Crippen molar-refractivity contribution in [3.8, 4) is 5.69 Å². The Labute approximate surface area is 151 Å². The van der Waals surface area contributed by atoms with Gasteiger partial charge < -0.3 is 4.57 Å². The van der Waals surface area contributed by atoms with E-state index in [4.69, 9.17) is 0 Å². The van der Waals surface area contributed by atoms with E-state index in [0.717, 1.165) is 22.0 Å². The van der Waals surface area contributed by atoms with Crippen LogP contribution in [0.5, 0.6) is 0 Å². The zero-order valence-electron chi connectivity index (χ0n) is 14.0. The van der Waals surface area contributed by atoms with E-state index in [2.05, 4.69) is 22.7 Å². The van der Waals surface area contributed by atoms with E-state index >= 15 is 0 Å². The van der Waals surface area contributed by atoms with E-state index in [9.17, 15) is 4.79 Å². The summed E-state index contributed by atoms with van der Waals surface area (Å²) < 4.78 is 1.91. The van der Waals surface area contributed by atoms with Crippen molar-refractivity contribution in [2.45, 2.75) is 0 Å². The first kappa shape index (κ1) is 15.8. The van der Waals surface area contributed by atoms with Crippen molar-refractivity contribution in [1.29, 1.82) is 0 Å². The van der Waals surface area contributed by atoms with Crippen LogP contribution in [0.2, 0.25) is 0 Å². The maximum Gasteiger partial charge on any atom is 0.273 e. The Hall–Kier alpha value is -3.66. The van der Waals surface area contributed by atoms with Crippen LogP contribution < -0.4 is 5.43 Å². The lowest BCUT2D eigenvalue weighted by Crippen LogP contribution is -2.19. The number of nitrogens with one attached hydrogen (secondary N) is 1. The van der Waals surface area contributed by atoms with Gasteiger partial charge in [-0.05, 0) is 35.0 Å². The summed E-state index contributed by atoms with van der Waals surface area (Å²) in [6.45, 7) is 0. The molecule has 0 aliphatic heterocycles. The topological polar surface area (TPSA) is 46.4 Å². The summed E-state index contributed by atoms with van der Waals surface area (Å²) >= 11 is 0. The molecule has 0 unspecified atom stereocenters. The zero-order chi connectivity index (χ0) is 17.8. The predicted octanol–water partition coefficient (Wildman–Crippen LogP) is 4.39. The molecule has 4 heteroatoms. The van der Waals surface area contributed by atoms with Crippen LogP contribution in [0, 0.1) is 0 Å². The number of carbonyl (C=O) groups excluding carboxylic acids is 1. The number of benzene rings is 3. The van der Waals surface area contributed by atoms with Gasteiger partial charge in [0.1, 0.15) is 0 Å². The lowest BCUT2D eigenvalue weighted by atomic mass is 10.1. The molecule has 4 nitrogen and oxygen atoms in total. The van der Waals surface area contributed by atoms with Gasteiger partial charge in [-0.25, -0.2) is 5.43 Å². The Kier molecular flexibility index (Phi) is 4.31. The van der Waals surface area contributed by atoms with Crippen molar-refractivity contribution in [3.63, 3.8) is 0 Å². The minimum atomic E-state index is -0.245. The predicted molar refractivity (Wildman–Crippen MR) is 105 cm³/mol. The highest BCUT2D eigenvalue weighted by Gasteiger charge is 2.11. The van der Waals surface area contributed by atoms with Crippen LogP contribution in [0.15, 0.2) is 96.4 Å². The molecule has 0 saturated carbocycles. The highest BCUT2D eigenvalue weighted by atomic mass is 16.2. The summed E-state index contributed by atoms with van der Waals surface area (Å²) in [6.07, 6.45) is 5.50. The number of amides is 1. The van der Waals surface area contributed by atoms with Gasteiger partial charge in [0.05, 0.1) is 17.5 Å². The molecule has 0 saturated heterocycles. The number of para-hydroxylation sites is 1. The van der Waals surface area contributed by atoms with Gasteiger partial charge in [0.2, 0.25) is 0 Å². The van der Waals surface area contributed by atoms with E-state index < -0.39 is 0 Å². The number of carbonyl (C=O) groups is 1. The third kappa shape index (κ3) is 3.13. The Morgan fingerprint density at radius 3 is 2.46 bits per heavy atom. The Morgan fingerprint density at radius 1 is 0.846 bits per heavy atom. The molecule has 0 atom stereocenters. The molecule has 4 aromatic rings. The van der Waals surface area contributed by atoms with Gasteiger partial charge in [0, 0.05) is 18.0 Å². The second-order valence-corrected chi connectivity index (χ2v) is 5.87. The minimum Gasteiger partial charge on any atom is -0.323 e. The first-order chi connectivity index (χ1) is 12.8. The second-order valence-electron chi connectivity index (χ2n) is 5.87. The maximum atomic E-state index is 12.6. The standard InChI is InChI=1S/C22H17N3O/c26-22(20-12-3-4-13-21(20)25-14-5-6-15-25)24-23-16-18-10-7-9-17-8-1-2-11-19(17)18/h1-16H,(H,24,26)/b23-16-. The van der Waals surface area contributed by atoms with Crippen molar-refractivity contribution in [1.82, 2.24) is 9.99 Å². The number of rotatable bonds is 4. The van der Waals surface area contributed by atoms with E-state index in [1.807, 2.05) is 77.6 Å². The largest absolute Gasteiger partial charge is 0.323 e. The van der Waals surface area contributed by atoms with Gasteiger partial charge in [0.25, 0.3) is 5.91 Å². The van der Waals surface area contributed by atoms with Gasteiger partial charge in [0.15, 0.2) is 0 Å². The minimum absolute atomic E-state index is 0.245. The van der Waals surface area contributed by atoms with Gasteiger partial charge >= 0.3 is 0 Å². The average Bonchev–Trinajstić information content (AvgIpc) is 3.23. The van der Waals surface area contributed by atoms with Gasteiger partial charge in [-0.1, -0.05) is 54.6 Å². The summed E-state index contributed by atoms with van der Waals surface area (Å²) in [5.41, 5.74) is 4.98. The van der Waals surface area contributed by atoms with Crippen molar-refractivity contribution < 1.29 is 4.79 Å². The first-order valence-corrected chi connectivity index (χ1v) is 8.36. The molecule has 3 aromatic carbocycles. The van der Waals surface area contributed by atoms with Crippen LogP contribution in [0.4, 0.5) is 0 Å². The molecule has 0 aliphatic rings. The molecule has 126 valence electrons. The van der Waals surface area contributed by atoms with Crippen LogP contribution in [-0.4, -0.2) is 16.7 Å². The van der Waals surface area contributed by atoms with E-state index in [-0.39, 0.29) is 5.91 Å². The third-order valence-electron chi connectivity index (χ3n) is 4.22. The Morgan fingerprint density at radius 2 is 1.58 bits per heavy atom. The normalized spacial score (nSPS) is 11.1. The number of hydrogen-bond acceptors (Lipinski definition) is 2. The highest BCUT2D eigenvalue weighted by Crippen LogP contribution is 2.17. The molecule has 4 rings (SSSR count). The molecule has 0 spiro atoms. The molecule has 0 radical (unpaired) electrons. The van der Waals surface area contributed by atoms with Crippen molar-refractivity contribution in [2.24, 2.45) is 5.10 Å². The van der Waals surface area contributed by atoms with E-state index in [1.165, 1.54) is 0 Å². The van der Waals surface area contributed by atoms with E-state index in [1.54, 1.807) is 12.3 Å². The number of fused-ring (bicyclic) bond motifs is 1. The Bertz CT molecular complexity index is 1080. The molecule has 0 fully saturated rings. The van der Waals surface area contributed by atoms with Gasteiger partial charge in [-0.15, -0.1) is 0 Å². The zero-order valence-corrected chi connectivity index (χ0v) is 14.0. The van der Waals surface area contributed by atoms with Crippen LogP contribution in [-0.2, 0) is 0 Å². The number of hydrazone groups is 1.